The van der Waals surface area contributed by atoms with Gasteiger partial charge in [-0.15, -0.1) is 0 Å². The first kappa shape index (κ1) is 15.6. The van der Waals surface area contributed by atoms with E-state index >= 15 is 0 Å². The summed E-state index contributed by atoms with van der Waals surface area (Å²) < 4.78 is 0. The molecule has 2 saturated heterocycles. The molecule has 2 heterocycles. The zero-order valence-corrected chi connectivity index (χ0v) is 13.6. The number of carbonyl (C=O) groups is 1. The van der Waals surface area contributed by atoms with Crippen molar-refractivity contribution in [3.8, 4) is 0 Å². The Morgan fingerprint density at radius 3 is 2.50 bits per heavy atom. The molecule has 1 aromatic carbocycles. The van der Waals surface area contributed by atoms with Crippen molar-refractivity contribution in [2.45, 2.75) is 32.2 Å². The molecule has 0 spiro atoms. The Bertz CT molecular complexity index is 535. The van der Waals surface area contributed by atoms with Gasteiger partial charge in [-0.1, -0.05) is 17.7 Å². The highest BCUT2D eigenvalue weighted by Gasteiger charge is 2.26. The third kappa shape index (κ3) is 3.39. The summed E-state index contributed by atoms with van der Waals surface area (Å²) in [6.45, 7) is 4.70. The van der Waals surface area contributed by atoms with Crippen molar-refractivity contribution in [1.82, 2.24) is 4.90 Å². The molecule has 0 amide bonds. The molecule has 0 radical (unpaired) electrons. The summed E-state index contributed by atoms with van der Waals surface area (Å²) in [4.78, 5) is 15.8. The van der Waals surface area contributed by atoms with Crippen molar-refractivity contribution in [3.63, 3.8) is 0 Å². The van der Waals surface area contributed by atoms with E-state index in [-0.39, 0.29) is 5.92 Å². The van der Waals surface area contributed by atoms with Crippen LogP contribution in [-0.2, 0) is 11.3 Å². The number of nitrogens with zero attached hydrogens (tertiary/aromatic N) is 2. The van der Waals surface area contributed by atoms with Crippen LogP contribution < -0.4 is 4.90 Å². The van der Waals surface area contributed by atoms with Gasteiger partial charge >= 0.3 is 5.97 Å². The Labute approximate surface area is 136 Å². The first-order chi connectivity index (χ1) is 10.6. The lowest BCUT2D eigenvalue weighted by molar-refractivity contribution is -0.143. The predicted molar refractivity (Wildman–Crippen MR) is 88.5 cm³/mol. The summed E-state index contributed by atoms with van der Waals surface area (Å²) in [5, 5.41) is 9.92. The van der Waals surface area contributed by atoms with Gasteiger partial charge in [0.1, 0.15) is 0 Å². The van der Waals surface area contributed by atoms with E-state index in [4.69, 9.17) is 16.7 Å². The highest BCUT2D eigenvalue weighted by molar-refractivity contribution is 6.31. The average Bonchev–Trinajstić information content (AvgIpc) is 3.04. The van der Waals surface area contributed by atoms with Crippen molar-refractivity contribution >= 4 is 23.3 Å². The third-order valence-corrected chi connectivity index (χ3v) is 5.21. The Kier molecular flexibility index (Phi) is 4.89. The molecule has 2 fully saturated rings. The van der Waals surface area contributed by atoms with Crippen molar-refractivity contribution in [2.75, 3.05) is 31.1 Å². The highest BCUT2D eigenvalue weighted by Crippen LogP contribution is 2.32. The second kappa shape index (κ2) is 6.88. The van der Waals surface area contributed by atoms with E-state index in [0.29, 0.717) is 0 Å². The fraction of sp³-hybridized carbons (Fsp3) is 0.588. The number of piperidine rings is 1. The quantitative estimate of drug-likeness (QED) is 0.924. The smallest absolute Gasteiger partial charge is 0.306 e. The number of aliphatic carboxylic acids is 1. The SMILES string of the molecule is O=C(O)C1CCN(Cc2c(Cl)cccc2N2CCCC2)CC1. The lowest BCUT2D eigenvalue weighted by Gasteiger charge is -2.32. The first-order valence-electron chi connectivity index (χ1n) is 8.12. The van der Waals surface area contributed by atoms with Gasteiger partial charge in [0, 0.05) is 35.9 Å². The largest absolute Gasteiger partial charge is 0.481 e. The first-order valence-corrected chi connectivity index (χ1v) is 8.50. The normalized spacial score (nSPS) is 20.5. The van der Waals surface area contributed by atoms with E-state index in [0.717, 1.165) is 50.6 Å². The molecule has 0 bridgehead atoms. The molecule has 4 nitrogen and oxygen atoms in total. The van der Waals surface area contributed by atoms with Crippen LogP contribution in [0.25, 0.3) is 0 Å². The van der Waals surface area contributed by atoms with Gasteiger partial charge in [-0.25, -0.2) is 0 Å². The van der Waals surface area contributed by atoms with Crippen molar-refractivity contribution in [2.24, 2.45) is 5.92 Å². The maximum absolute atomic E-state index is 11.1. The maximum atomic E-state index is 11.1. The van der Waals surface area contributed by atoms with Gasteiger partial charge in [0.05, 0.1) is 5.92 Å². The van der Waals surface area contributed by atoms with Crippen molar-refractivity contribution in [3.05, 3.63) is 28.8 Å². The van der Waals surface area contributed by atoms with Gasteiger partial charge in [-0.2, -0.15) is 0 Å². The maximum Gasteiger partial charge on any atom is 0.306 e. The molecule has 0 aromatic heterocycles. The third-order valence-electron chi connectivity index (χ3n) is 4.86. The van der Waals surface area contributed by atoms with Crippen molar-refractivity contribution in [1.29, 1.82) is 0 Å². The van der Waals surface area contributed by atoms with E-state index in [1.54, 1.807) is 0 Å². The number of carboxylic acid groups (broad SMARTS) is 1. The summed E-state index contributed by atoms with van der Waals surface area (Å²) in [6.07, 6.45) is 3.96. The average molecular weight is 323 g/mol. The molecule has 0 unspecified atom stereocenters. The molecular formula is C17H23ClN2O2. The van der Waals surface area contributed by atoms with E-state index in [1.165, 1.54) is 24.1 Å². The number of hydrogen-bond donors (Lipinski definition) is 1. The molecule has 22 heavy (non-hydrogen) atoms. The van der Waals surface area contributed by atoms with Crippen LogP contribution in [0.3, 0.4) is 0 Å². The summed E-state index contributed by atoms with van der Waals surface area (Å²) in [5.41, 5.74) is 2.45. The molecule has 5 heteroatoms. The predicted octanol–water partition coefficient (Wildman–Crippen LogP) is 3.24. The van der Waals surface area contributed by atoms with E-state index < -0.39 is 5.97 Å². The summed E-state index contributed by atoms with van der Waals surface area (Å²) in [6, 6.07) is 6.15. The zero-order valence-electron chi connectivity index (χ0n) is 12.8. The number of carboxylic acids is 1. The van der Waals surface area contributed by atoms with Crippen molar-refractivity contribution < 1.29 is 9.90 Å². The fourth-order valence-electron chi connectivity index (χ4n) is 3.52. The minimum Gasteiger partial charge on any atom is -0.481 e. The van der Waals surface area contributed by atoms with Crippen LogP contribution in [0.15, 0.2) is 18.2 Å². The molecule has 0 aliphatic carbocycles. The van der Waals surface area contributed by atoms with Crippen LogP contribution in [0.4, 0.5) is 5.69 Å². The minimum absolute atomic E-state index is 0.180. The lowest BCUT2D eigenvalue weighted by Crippen LogP contribution is -2.36. The van der Waals surface area contributed by atoms with Crippen LogP contribution in [0.5, 0.6) is 0 Å². The fourth-order valence-corrected chi connectivity index (χ4v) is 3.75. The molecule has 0 atom stereocenters. The van der Waals surface area contributed by atoms with Gasteiger partial charge in [0.2, 0.25) is 0 Å². The molecule has 3 rings (SSSR count). The standard InChI is InChI=1S/C17H23ClN2O2/c18-15-4-3-5-16(20-8-1-2-9-20)14(15)12-19-10-6-13(7-11-19)17(21)22/h3-5,13H,1-2,6-12H2,(H,21,22). The lowest BCUT2D eigenvalue weighted by atomic mass is 9.96. The monoisotopic (exact) mass is 322 g/mol. The molecular weight excluding hydrogens is 300 g/mol. The molecule has 1 aromatic rings. The number of rotatable bonds is 4. The summed E-state index contributed by atoms with van der Waals surface area (Å²) in [7, 11) is 0. The minimum atomic E-state index is -0.657. The Balaban J connectivity index is 1.71. The Hall–Kier alpha value is -1.26. The van der Waals surface area contributed by atoms with Gasteiger partial charge in [-0.3, -0.25) is 9.69 Å². The van der Waals surface area contributed by atoms with Gasteiger partial charge in [0.25, 0.3) is 0 Å². The number of likely N-dealkylation sites (tertiary alicyclic amines) is 1. The molecule has 2 aliphatic rings. The second-order valence-electron chi connectivity index (χ2n) is 6.32. The highest BCUT2D eigenvalue weighted by atomic mass is 35.5. The van der Waals surface area contributed by atoms with E-state index in [2.05, 4.69) is 15.9 Å². The molecule has 120 valence electrons. The topological polar surface area (TPSA) is 43.8 Å². The Morgan fingerprint density at radius 1 is 1.18 bits per heavy atom. The van der Waals surface area contributed by atoms with Crippen LogP contribution >= 0.6 is 11.6 Å². The molecule has 0 saturated carbocycles. The number of hydrogen-bond acceptors (Lipinski definition) is 3. The van der Waals surface area contributed by atoms with Crippen LogP contribution in [-0.4, -0.2) is 42.2 Å². The molecule has 2 aliphatic heterocycles. The van der Waals surface area contributed by atoms with Gasteiger partial charge < -0.3 is 10.0 Å². The number of halogens is 1. The van der Waals surface area contributed by atoms with Gasteiger partial charge in [-0.05, 0) is 50.9 Å². The molecule has 1 N–H and O–H groups in total. The van der Waals surface area contributed by atoms with Crippen LogP contribution in [0, 0.1) is 5.92 Å². The van der Waals surface area contributed by atoms with E-state index in [1.807, 2.05) is 12.1 Å². The Morgan fingerprint density at radius 2 is 1.86 bits per heavy atom. The van der Waals surface area contributed by atoms with Crippen LogP contribution in [0.2, 0.25) is 5.02 Å². The number of benzene rings is 1. The van der Waals surface area contributed by atoms with Gasteiger partial charge in [0.15, 0.2) is 0 Å². The summed E-state index contributed by atoms with van der Waals surface area (Å²) in [5.74, 6) is -0.837. The second-order valence-corrected chi connectivity index (χ2v) is 6.73. The van der Waals surface area contributed by atoms with E-state index in [9.17, 15) is 4.79 Å². The zero-order chi connectivity index (χ0) is 15.5. The number of anilines is 1. The van der Waals surface area contributed by atoms with Crippen LogP contribution in [0.1, 0.15) is 31.2 Å². The summed E-state index contributed by atoms with van der Waals surface area (Å²) >= 11 is 6.46.